The van der Waals surface area contributed by atoms with E-state index >= 15 is 0 Å². The van der Waals surface area contributed by atoms with Crippen molar-refractivity contribution in [3.05, 3.63) is 29.8 Å². The second-order valence-corrected chi connectivity index (χ2v) is 7.37. The highest BCUT2D eigenvalue weighted by molar-refractivity contribution is 5.81. The molecule has 1 aromatic carbocycles. The van der Waals surface area contributed by atoms with E-state index in [4.69, 9.17) is 4.74 Å². The van der Waals surface area contributed by atoms with Gasteiger partial charge in [-0.05, 0) is 51.3 Å². The Balaban J connectivity index is 2.59. The number of carbonyl (C=O) groups is 1. The Labute approximate surface area is 164 Å². The zero-order valence-electron chi connectivity index (χ0n) is 17.6. The van der Waals surface area contributed by atoms with Crippen LogP contribution in [0.15, 0.2) is 29.3 Å². The summed E-state index contributed by atoms with van der Waals surface area (Å²) in [6.45, 7) is 14.2. The van der Waals surface area contributed by atoms with Crippen LogP contribution in [0.4, 0.5) is 0 Å². The van der Waals surface area contributed by atoms with Crippen LogP contribution in [0.5, 0.6) is 5.75 Å². The normalized spacial score (nSPS) is 12.8. The predicted molar refractivity (Wildman–Crippen MR) is 112 cm³/mol. The van der Waals surface area contributed by atoms with Crippen molar-refractivity contribution >= 4 is 11.9 Å². The molecule has 0 saturated carbocycles. The molecule has 0 aliphatic rings. The summed E-state index contributed by atoms with van der Waals surface area (Å²) in [6, 6.07) is 8.36. The summed E-state index contributed by atoms with van der Waals surface area (Å²) in [5.74, 6) is 2.13. The number of hydrogen-bond acceptors (Lipinski definition) is 3. The first-order valence-electron chi connectivity index (χ1n) is 9.88. The summed E-state index contributed by atoms with van der Waals surface area (Å²) >= 11 is 0. The fraction of sp³-hybridized carbons (Fsp3) is 0.619. The lowest BCUT2D eigenvalue weighted by Crippen LogP contribution is -2.39. The Hall–Kier alpha value is -2.24. The molecule has 1 amide bonds. The fourth-order valence-corrected chi connectivity index (χ4v) is 2.39. The van der Waals surface area contributed by atoms with E-state index in [0.717, 1.165) is 24.5 Å². The van der Waals surface area contributed by atoms with Crippen molar-refractivity contribution in [2.24, 2.45) is 10.9 Å². The summed E-state index contributed by atoms with van der Waals surface area (Å²) in [7, 11) is 0. The minimum atomic E-state index is 0.0228. The molecular weight excluding hydrogens is 340 g/mol. The molecule has 0 bridgehead atoms. The highest BCUT2D eigenvalue weighted by Crippen LogP contribution is 2.18. The number of ether oxygens (including phenoxy) is 1. The van der Waals surface area contributed by atoms with E-state index in [0.29, 0.717) is 24.8 Å². The maximum Gasteiger partial charge on any atom is 0.222 e. The van der Waals surface area contributed by atoms with Crippen molar-refractivity contribution in [2.75, 3.05) is 19.7 Å². The number of rotatable bonds is 10. The van der Waals surface area contributed by atoms with Gasteiger partial charge in [0.25, 0.3) is 0 Å². The highest BCUT2D eigenvalue weighted by Gasteiger charge is 2.09. The molecule has 0 heterocycles. The van der Waals surface area contributed by atoms with Gasteiger partial charge in [0.05, 0.1) is 19.2 Å². The number of nitrogens with zero attached hydrogens (tertiary/aromatic N) is 1. The average Bonchev–Trinajstić information content (AvgIpc) is 2.59. The first-order valence-corrected chi connectivity index (χ1v) is 9.88. The number of hydrogen-bond donors (Lipinski definition) is 3. The second kappa shape index (κ2) is 12.2. The van der Waals surface area contributed by atoms with Crippen molar-refractivity contribution in [1.82, 2.24) is 16.0 Å². The molecule has 3 N–H and O–H groups in total. The average molecular weight is 377 g/mol. The minimum absolute atomic E-state index is 0.0228. The Morgan fingerprint density at radius 2 is 1.74 bits per heavy atom. The molecule has 0 aliphatic heterocycles. The number of nitrogens with one attached hydrogen (secondary N) is 3. The van der Waals surface area contributed by atoms with E-state index < -0.39 is 0 Å². The molecule has 1 unspecified atom stereocenters. The Morgan fingerprint density at radius 3 is 2.30 bits per heavy atom. The summed E-state index contributed by atoms with van der Waals surface area (Å²) in [5.41, 5.74) is 1.15. The van der Waals surface area contributed by atoms with Gasteiger partial charge in [-0.25, -0.2) is 0 Å². The molecule has 0 aliphatic carbocycles. The quantitative estimate of drug-likeness (QED) is 0.433. The van der Waals surface area contributed by atoms with Gasteiger partial charge in [0, 0.05) is 19.0 Å². The summed E-state index contributed by atoms with van der Waals surface area (Å²) < 4.78 is 5.73. The van der Waals surface area contributed by atoms with Crippen LogP contribution < -0.4 is 20.7 Å². The predicted octanol–water partition coefficient (Wildman–Crippen LogP) is 3.25. The molecule has 6 heteroatoms. The van der Waals surface area contributed by atoms with Crippen LogP contribution in [0.25, 0.3) is 0 Å². The molecule has 27 heavy (non-hydrogen) atoms. The number of benzene rings is 1. The molecule has 1 rings (SSSR count). The van der Waals surface area contributed by atoms with Gasteiger partial charge in [0.15, 0.2) is 5.96 Å². The lowest BCUT2D eigenvalue weighted by Gasteiger charge is -2.19. The molecule has 1 atom stereocenters. The third-order valence-corrected chi connectivity index (χ3v) is 3.72. The van der Waals surface area contributed by atoms with Crippen molar-refractivity contribution in [1.29, 1.82) is 0 Å². The second-order valence-electron chi connectivity index (χ2n) is 7.37. The van der Waals surface area contributed by atoms with Crippen LogP contribution >= 0.6 is 0 Å². The SMILES string of the molecule is CCNC(=NCCC(=O)NC(C)C)NC(C)c1ccc(OCC(C)C)cc1. The number of aliphatic imine (C=N–C) groups is 1. The number of guanidine groups is 1. The Kier molecular flexibility index (Phi) is 10.3. The smallest absolute Gasteiger partial charge is 0.222 e. The zero-order valence-corrected chi connectivity index (χ0v) is 17.6. The fourth-order valence-electron chi connectivity index (χ4n) is 2.39. The molecular formula is C21H36N4O2. The first-order chi connectivity index (χ1) is 12.8. The van der Waals surface area contributed by atoms with E-state index in [9.17, 15) is 4.79 Å². The summed E-state index contributed by atoms with van der Waals surface area (Å²) in [4.78, 5) is 16.2. The molecule has 1 aromatic rings. The van der Waals surface area contributed by atoms with Crippen LogP contribution in [-0.2, 0) is 4.79 Å². The third-order valence-electron chi connectivity index (χ3n) is 3.72. The van der Waals surface area contributed by atoms with E-state index in [1.807, 2.05) is 32.9 Å². The van der Waals surface area contributed by atoms with Crippen molar-refractivity contribution in [2.45, 2.75) is 60.0 Å². The van der Waals surface area contributed by atoms with E-state index in [-0.39, 0.29) is 18.0 Å². The van der Waals surface area contributed by atoms with Gasteiger partial charge >= 0.3 is 0 Å². The van der Waals surface area contributed by atoms with Crippen molar-refractivity contribution < 1.29 is 9.53 Å². The summed E-state index contributed by atoms with van der Waals surface area (Å²) in [5, 5.41) is 9.49. The highest BCUT2D eigenvalue weighted by atomic mass is 16.5. The molecule has 0 spiro atoms. The van der Waals surface area contributed by atoms with Crippen LogP contribution in [-0.4, -0.2) is 37.6 Å². The largest absolute Gasteiger partial charge is 0.493 e. The Morgan fingerprint density at radius 1 is 1.07 bits per heavy atom. The van der Waals surface area contributed by atoms with Gasteiger partial charge in [0.2, 0.25) is 5.91 Å². The standard InChI is InChI=1S/C21H36N4O2/c1-7-22-21(23-13-12-20(26)24-16(4)5)25-17(6)18-8-10-19(11-9-18)27-14-15(2)3/h8-11,15-17H,7,12-14H2,1-6H3,(H,24,26)(H2,22,23,25). The van der Waals surface area contributed by atoms with Gasteiger partial charge in [-0.15, -0.1) is 0 Å². The molecule has 0 saturated heterocycles. The van der Waals surface area contributed by atoms with Crippen LogP contribution in [0.3, 0.4) is 0 Å². The molecule has 0 aromatic heterocycles. The molecule has 6 nitrogen and oxygen atoms in total. The lowest BCUT2D eigenvalue weighted by molar-refractivity contribution is -0.121. The van der Waals surface area contributed by atoms with Crippen LogP contribution in [0.1, 0.15) is 59.6 Å². The van der Waals surface area contributed by atoms with Crippen molar-refractivity contribution in [3.63, 3.8) is 0 Å². The van der Waals surface area contributed by atoms with Crippen molar-refractivity contribution in [3.8, 4) is 5.75 Å². The lowest BCUT2D eigenvalue weighted by atomic mass is 10.1. The van der Waals surface area contributed by atoms with E-state index in [1.165, 1.54) is 0 Å². The van der Waals surface area contributed by atoms with Gasteiger partial charge in [-0.2, -0.15) is 0 Å². The zero-order chi connectivity index (χ0) is 20.2. The first kappa shape index (κ1) is 22.8. The third kappa shape index (κ3) is 9.87. The maximum atomic E-state index is 11.7. The molecule has 0 fully saturated rings. The molecule has 0 radical (unpaired) electrons. The van der Waals surface area contributed by atoms with E-state index in [2.05, 4.69) is 53.8 Å². The van der Waals surface area contributed by atoms with Gasteiger partial charge in [-0.1, -0.05) is 26.0 Å². The number of amides is 1. The van der Waals surface area contributed by atoms with Crippen LogP contribution in [0.2, 0.25) is 0 Å². The van der Waals surface area contributed by atoms with E-state index in [1.54, 1.807) is 0 Å². The van der Waals surface area contributed by atoms with Gasteiger partial charge < -0.3 is 20.7 Å². The summed E-state index contributed by atoms with van der Waals surface area (Å²) in [6.07, 6.45) is 0.380. The van der Waals surface area contributed by atoms with Gasteiger partial charge in [0.1, 0.15) is 5.75 Å². The molecule has 152 valence electrons. The van der Waals surface area contributed by atoms with Gasteiger partial charge in [-0.3, -0.25) is 9.79 Å². The van der Waals surface area contributed by atoms with Crippen LogP contribution in [0, 0.1) is 5.92 Å². The Bertz CT molecular complexity index is 582. The monoisotopic (exact) mass is 376 g/mol. The minimum Gasteiger partial charge on any atom is -0.493 e. The topological polar surface area (TPSA) is 74.8 Å². The maximum absolute atomic E-state index is 11.7. The number of carbonyl (C=O) groups excluding carboxylic acids is 1.